The second-order valence-corrected chi connectivity index (χ2v) is 6.86. The monoisotopic (exact) mass is 359 g/mol. The van der Waals surface area contributed by atoms with Crippen LogP contribution in [0.2, 0.25) is 0 Å². The van der Waals surface area contributed by atoms with Gasteiger partial charge in [0.2, 0.25) is 0 Å². The molecule has 0 bridgehead atoms. The van der Waals surface area contributed by atoms with Crippen LogP contribution in [0.5, 0.6) is 11.5 Å². The molecule has 1 aliphatic heterocycles. The Morgan fingerprint density at radius 3 is 2.88 bits per heavy atom. The van der Waals surface area contributed by atoms with Gasteiger partial charge in [-0.05, 0) is 29.6 Å². The maximum atomic E-state index is 12.2. The number of thiophene rings is 1. The lowest BCUT2D eigenvalue weighted by Gasteiger charge is -2.18. The van der Waals surface area contributed by atoms with Gasteiger partial charge in [-0.15, -0.1) is 22.7 Å². The Hall–Kier alpha value is -2.38. The van der Waals surface area contributed by atoms with Crippen molar-refractivity contribution in [2.75, 3.05) is 13.2 Å². The molecule has 0 aliphatic carbocycles. The number of carbonyl (C=O) groups excluding carboxylic acids is 1. The molecular weight excluding hydrogens is 346 g/mol. The molecule has 0 radical (unpaired) electrons. The summed E-state index contributed by atoms with van der Waals surface area (Å²) in [5.74, 6) is 0.819. The number of nitrogens with zero attached hydrogens (tertiary/aromatic N) is 1. The minimum absolute atomic E-state index is 0.148. The summed E-state index contributed by atoms with van der Waals surface area (Å²) in [5, 5.41) is 4.86. The minimum Gasteiger partial charge on any atom is -0.486 e. The number of aromatic nitrogens is 1. The van der Waals surface area contributed by atoms with Crippen molar-refractivity contribution in [1.82, 2.24) is 4.98 Å². The molecule has 0 atom stereocenters. The molecule has 24 heavy (non-hydrogen) atoms. The zero-order valence-electron chi connectivity index (χ0n) is 12.6. The molecule has 0 amide bonds. The fourth-order valence-electron chi connectivity index (χ4n) is 2.28. The fourth-order valence-corrected chi connectivity index (χ4v) is 3.90. The first kappa shape index (κ1) is 15.2. The lowest BCUT2D eigenvalue weighted by molar-refractivity contribution is 0.0467. The van der Waals surface area contributed by atoms with Crippen molar-refractivity contribution in [2.24, 2.45) is 0 Å². The van der Waals surface area contributed by atoms with E-state index in [0.717, 1.165) is 15.6 Å². The van der Waals surface area contributed by atoms with E-state index in [1.54, 1.807) is 40.9 Å². The van der Waals surface area contributed by atoms with Crippen molar-refractivity contribution < 1.29 is 19.0 Å². The highest BCUT2D eigenvalue weighted by Gasteiger charge is 2.16. The second kappa shape index (κ2) is 6.62. The van der Waals surface area contributed by atoms with E-state index >= 15 is 0 Å². The first-order valence-corrected chi connectivity index (χ1v) is 9.10. The Morgan fingerprint density at radius 1 is 1.17 bits per heavy atom. The summed E-state index contributed by atoms with van der Waals surface area (Å²) in [6.45, 7) is 1.15. The third-order valence-corrected chi connectivity index (χ3v) is 5.34. The van der Waals surface area contributed by atoms with Gasteiger partial charge in [-0.25, -0.2) is 9.78 Å². The van der Waals surface area contributed by atoms with Crippen LogP contribution in [0, 0.1) is 0 Å². The predicted molar refractivity (Wildman–Crippen MR) is 92.0 cm³/mol. The van der Waals surface area contributed by atoms with Gasteiger partial charge >= 0.3 is 5.97 Å². The maximum Gasteiger partial charge on any atom is 0.338 e. The van der Waals surface area contributed by atoms with E-state index in [2.05, 4.69) is 4.98 Å². The van der Waals surface area contributed by atoms with Crippen LogP contribution in [0.15, 0.2) is 41.1 Å². The molecule has 4 rings (SSSR count). The van der Waals surface area contributed by atoms with Crippen molar-refractivity contribution in [3.05, 3.63) is 52.3 Å². The van der Waals surface area contributed by atoms with Crippen LogP contribution >= 0.6 is 22.7 Å². The molecule has 0 N–H and O–H groups in total. The van der Waals surface area contributed by atoms with Crippen molar-refractivity contribution >= 4 is 28.6 Å². The summed E-state index contributed by atoms with van der Waals surface area (Å²) < 4.78 is 16.3. The standard InChI is InChI=1S/C17H13NO4S2/c19-17(11-3-4-13-14(8-11)21-6-5-20-13)22-9-12-10-24-16(18-12)15-2-1-7-23-15/h1-4,7-8,10H,5-6,9H2. The van der Waals surface area contributed by atoms with Gasteiger partial charge in [-0.2, -0.15) is 0 Å². The first-order valence-electron chi connectivity index (χ1n) is 7.34. The Morgan fingerprint density at radius 2 is 2.04 bits per heavy atom. The van der Waals surface area contributed by atoms with Gasteiger partial charge in [0.15, 0.2) is 11.5 Å². The second-order valence-electron chi connectivity index (χ2n) is 5.06. The Labute approximate surface area is 146 Å². The Bertz CT molecular complexity index is 857. The number of hydrogen-bond acceptors (Lipinski definition) is 7. The van der Waals surface area contributed by atoms with Crippen molar-refractivity contribution in [3.8, 4) is 21.4 Å². The van der Waals surface area contributed by atoms with Gasteiger partial charge in [0.05, 0.1) is 16.1 Å². The molecular formula is C17H13NO4S2. The number of thiazole rings is 1. The number of fused-ring (bicyclic) bond motifs is 1. The molecule has 2 aromatic heterocycles. The average Bonchev–Trinajstić information content (AvgIpc) is 3.30. The summed E-state index contributed by atoms with van der Waals surface area (Å²) in [5.41, 5.74) is 1.18. The van der Waals surface area contributed by atoms with Gasteiger partial charge in [0.25, 0.3) is 0 Å². The molecule has 122 valence electrons. The van der Waals surface area contributed by atoms with E-state index in [9.17, 15) is 4.79 Å². The molecule has 0 saturated heterocycles. The fraction of sp³-hybridized carbons (Fsp3) is 0.176. The maximum absolute atomic E-state index is 12.2. The lowest BCUT2D eigenvalue weighted by atomic mass is 10.2. The van der Waals surface area contributed by atoms with Gasteiger partial charge in [0, 0.05) is 5.38 Å². The van der Waals surface area contributed by atoms with Crippen LogP contribution in [-0.2, 0) is 11.3 Å². The van der Waals surface area contributed by atoms with Crippen LogP contribution in [-0.4, -0.2) is 24.2 Å². The molecule has 0 unspecified atom stereocenters. The van der Waals surface area contributed by atoms with Gasteiger partial charge in [-0.3, -0.25) is 0 Å². The normalized spacial score (nSPS) is 12.8. The van der Waals surface area contributed by atoms with E-state index in [0.29, 0.717) is 30.3 Å². The number of hydrogen-bond donors (Lipinski definition) is 0. The molecule has 3 heterocycles. The molecule has 3 aromatic rings. The van der Waals surface area contributed by atoms with Gasteiger partial charge < -0.3 is 14.2 Å². The third kappa shape index (κ3) is 3.13. The largest absolute Gasteiger partial charge is 0.486 e. The van der Waals surface area contributed by atoms with Crippen molar-refractivity contribution in [2.45, 2.75) is 6.61 Å². The third-order valence-electron chi connectivity index (χ3n) is 3.41. The van der Waals surface area contributed by atoms with E-state index in [1.807, 2.05) is 22.9 Å². The predicted octanol–water partition coefficient (Wildman–Crippen LogP) is 4.00. The quantitative estimate of drug-likeness (QED) is 0.659. The number of esters is 1. The molecule has 0 spiro atoms. The number of ether oxygens (including phenoxy) is 3. The van der Waals surface area contributed by atoms with E-state index in [1.165, 1.54) is 0 Å². The van der Waals surface area contributed by atoms with Crippen molar-refractivity contribution in [3.63, 3.8) is 0 Å². The van der Waals surface area contributed by atoms with Crippen molar-refractivity contribution in [1.29, 1.82) is 0 Å². The molecule has 1 aliphatic rings. The highest BCUT2D eigenvalue weighted by atomic mass is 32.1. The SMILES string of the molecule is O=C(OCc1csc(-c2cccs2)n1)c1ccc2c(c1)OCCO2. The van der Waals surface area contributed by atoms with Crippen LogP contribution in [0.25, 0.3) is 9.88 Å². The average molecular weight is 359 g/mol. The van der Waals surface area contributed by atoms with Crippen LogP contribution in [0.1, 0.15) is 16.1 Å². The van der Waals surface area contributed by atoms with Gasteiger partial charge in [-0.1, -0.05) is 6.07 Å². The first-order chi connectivity index (χ1) is 11.8. The smallest absolute Gasteiger partial charge is 0.338 e. The summed E-state index contributed by atoms with van der Waals surface area (Å²) in [7, 11) is 0. The molecule has 0 saturated carbocycles. The summed E-state index contributed by atoms with van der Waals surface area (Å²) in [4.78, 5) is 17.8. The molecule has 5 nitrogen and oxygen atoms in total. The highest BCUT2D eigenvalue weighted by molar-refractivity contribution is 7.20. The minimum atomic E-state index is -0.405. The zero-order chi connectivity index (χ0) is 16.4. The topological polar surface area (TPSA) is 57.7 Å². The van der Waals surface area contributed by atoms with E-state index < -0.39 is 5.97 Å². The Balaban J connectivity index is 1.41. The number of rotatable bonds is 4. The Kier molecular flexibility index (Phi) is 4.18. The van der Waals surface area contributed by atoms with Gasteiger partial charge in [0.1, 0.15) is 24.8 Å². The summed E-state index contributed by atoms with van der Waals surface area (Å²) in [6.07, 6.45) is 0. The zero-order valence-corrected chi connectivity index (χ0v) is 14.2. The number of benzene rings is 1. The highest BCUT2D eigenvalue weighted by Crippen LogP contribution is 2.31. The van der Waals surface area contributed by atoms with E-state index in [-0.39, 0.29) is 6.61 Å². The summed E-state index contributed by atoms with van der Waals surface area (Å²) in [6, 6.07) is 9.06. The lowest BCUT2D eigenvalue weighted by Crippen LogP contribution is -2.16. The molecule has 0 fully saturated rings. The van der Waals surface area contributed by atoms with E-state index in [4.69, 9.17) is 14.2 Å². The van der Waals surface area contributed by atoms with Crippen LogP contribution < -0.4 is 9.47 Å². The summed E-state index contributed by atoms with van der Waals surface area (Å²) >= 11 is 3.18. The molecule has 7 heteroatoms. The van der Waals surface area contributed by atoms with Crippen LogP contribution in [0.4, 0.5) is 0 Å². The molecule has 1 aromatic carbocycles. The number of carbonyl (C=O) groups is 1. The van der Waals surface area contributed by atoms with Crippen LogP contribution in [0.3, 0.4) is 0 Å².